The second-order valence-electron chi connectivity index (χ2n) is 4.86. The molecular formula is C17H17F2NO3. The van der Waals surface area contributed by atoms with E-state index in [0.29, 0.717) is 6.54 Å². The molecule has 0 aliphatic rings. The van der Waals surface area contributed by atoms with Gasteiger partial charge in [0, 0.05) is 13.6 Å². The van der Waals surface area contributed by atoms with Crippen LogP contribution in [0.15, 0.2) is 48.5 Å². The number of hydrogen-bond donors (Lipinski definition) is 0. The van der Waals surface area contributed by atoms with Gasteiger partial charge in [-0.25, -0.2) is 0 Å². The van der Waals surface area contributed by atoms with Gasteiger partial charge in [-0.05, 0) is 17.7 Å². The highest BCUT2D eigenvalue weighted by molar-refractivity contribution is 5.97. The Balaban J connectivity index is 2.27. The summed E-state index contributed by atoms with van der Waals surface area (Å²) < 4.78 is 34.7. The molecule has 6 heteroatoms. The van der Waals surface area contributed by atoms with E-state index in [4.69, 9.17) is 4.74 Å². The van der Waals surface area contributed by atoms with Crippen LogP contribution in [-0.4, -0.2) is 31.6 Å². The predicted octanol–water partition coefficient (Wildman–Crippen LogP) is 3.57. The summed E-state index contributed by atoms with van der Waals surface area (Å²) in [4.78, 5) is 14.0. The van der Waals surface area contributed by atoms with Crippen molar-refractivity contribution in [1.29, 1.82) is 0 Å². The van der Waals surface area contributed by atoms with E-state index in [9.17, 15) is 13.6 Å². The van der Waals surface area contributed by atoms with Crippen LogP contribution in [0.4, 0.5) is 8.78 Å². The minimum absolute atomic E-state index is 0.0306. The highest BCUT2D eigenvalue weighted by Crippen LogP contribution is 2.33. The van der Waals surface area contributed by atoms with Gasteiger partial charge in [0.25, 0.3) is 5.91 Å². The van der Waals surface area contributed by atoms with Crippen LogP contribution in [0.3, 0.4) is 0 Å². The number of amides is 1. The predicted molar refractivity (Wildman–Crippen MR) is 81.9 cm³/mol. The van der Waals surface area contributed by atoms with Gasteiger partial charge in [0.05, 0.1) is 12.7 Å². The van der Waals surface area contributed by atoms with Crippen LogP contribution in [0.1, 0.15) is 15.9 Å². The summed E-state index contributed by atoms with van der Waals surface area (Å²) in [6, 6.07) is 13.8. The first-order valence-electron chi connectivity index (χ1n) is 6.94. The second-order valence-corrected chi connectivity index (χ2v) is 4.86. The molecule has 0 atom stereocenters. The van der Waals surface area contributed by atoms with Crippen molar-refractivity contribution in [3.63, 3.8) is 0 Å². The van der Waals surface area contributed by atoms with E-state index >= 15 is 0 Å². The lowest BCUT2D eigenvalue weighted by molar-refractivity contribution is -0.0516. The molecule has 122 valence electrons. The van der Waals surface area contributed by atoms with Gasteiger partial charge in [0.1, 0.15) is 0 Å². The van der Waals surface area contributed by atoms with Gasteiger partial charge in [-0.1, -0.05) is 36.4 Å². The lowest BCUT2D eigenvalue weighted by Gasteiger charge is -2.20. The van der Waals surface area contributed by atoms with Crippen molar-refractivity contribution in [3.8, 4) is 11.5 Å². The summed E-state index contributed by atoms with van der Waals surface area (Å²) in [7, 11) is 2.93. The number of ether oxygens (including phenoxy) is 2. The summed E-state index contributed by atoms with van der Waals surface area (Å²) in [5.74, 6) is -0.595. The highest BCUT2D eigenvalue weighted by Gasteiger charge is 2.22. The smallest absolute Gasteiger partial charge is 0.387 e. The molecule has 0 aliphatic carbocycles. The number of benzene rings is 2. The van der Waals surface area contributed by atoms with Crippen molar-refractivity contribution >= 4 is 5.91 Å². The van der Waals surface area contributed by atoms with Gasteiger partial charge in [-0.2, -0.15) is 8.78 Å². The van der Waals surface area contributed by atoms with Crippen LogP contribution in [0.5, 0.6) is 11.5 Å². The van der Waals surface area contributed by atoms with Crippen LogP contribution in [-0.2, 0) is 6.54 Å². The van der Waals surface area contributed by atoms with Crippen molar-refractivity contribution in [2.45, 2.75) is 13.2 Å². The van der Waals surface area contributed by atoms with E-state index in [1.807, 2.05) is 30.3 Å². The standard InChI is InChI=1S/C17H17F2NO3/c1-20(11-12-7-4-3-5-8-12)16(21)13-9-6-10-14(22-2)15(13)23-17(18)19/h3-10,17H,11H2,1-2H3. The number of alkyl halides is 2. The van der Waals surface area contributed by atoms with E-state index in [2.05, 4.69) is 4.74 Å². The second kappa shape index (κ2) is 7.58. The van der Waals surface area contributed by atoms with Crippen molar-refractivity contribution in [2.75, 3.05) is 14.2 Å². The molecule has 0 aliphatic heterocycles. The fraction of sp³-hybridized carbons (Fsp3) is 0.235. The molecule has 2 aromatic carbocycles. The Morgan fingerprint density at radius 2 is 1.83 bits per heavy atom. The fourth-order valence-electron chi connectivity index (χ4n) is 2.19. The van der Waals surface area contributed by atoms with Crippen LogP contribution in [0.2, 0.25) is 0 Å². The highest BCUT2D eigenvalue weighted by atomic mass is 19.3. The Morgan fingerprint density at radius 3 is 2.43 bits per heavy atom. The average molecular weight is 321 g/mol. The molecule has 0 heterocycles. The molecular weight excluding hydrogens is 304 g/mol. The van der Waals surface area contributed by atoms with Crippen molar-refractivity contribution in [3.05, 3.63) is 59.7 Å². The molecule has 0 radical (unpaired) electrons. The summed E-state index contributed by atoms with van der Waals surface area (Å²) in [6.45, 7) is -2.69. The third-order valence-corrected chi connectivity index (χ3v) is 3.25. The number of nitrogens with zero attached hydrogens (tertiary/aromatic N) is 1. The minimum Gasteiger partial charge on any atom is -0.493 e. The fourth-order valence-corrected chi connectivity index (χ4v) is 2.19. The minimum atomic E-state index is -3.04. The number of carbonyl (C=O) groups excluding carboxylic acids is 1. The van der Waals surface area contributed by atoms with Gasteiger partial charge in [-0.15, -0.1) is 0 Å². The summed E-state index contributed by atoms with van der Waals surface area (Å²) in [6.07, 6.45) is 0. The topological polar surface area (TPSA) is 38.8 Å². The van der Waals surface area contributed by atoms with Crippen LogP contribution < -0.4 is 9.47 Å². The lowest BCUT2D eigenvalue weighted by atomic mass is 10.1. The first kappa shape index (κ1) is 16.7. The lowest BCUT2D eigenvalue weighted by Crippen LogP contribution is -2.27. The third kappa shape index (κ3) is 4.18. The van der Waals surface area contributed by atoms with Gasteiger partial charge < -0.3 is 14.4 Å². The summed E-state index contributed by atoms with van der Waals surface area (Å²) >= 11 is 0. The van der Waals surface area contributed by atoms with E-state index in [1.165, 1.54) is 24.1 Å². The maximum atomic E-state index is 12.6. The number of hydrogen-bond acceptors (Lipinski definition) is 3. The molecule has 1 amide bonds. The molecule has 0 unspecified atom stereocenters. The molecule has 23 heavy (non-hydrogen) atoms. The number of halogens is 2. The maximum absolute atomic E-state index is 12.6. The van der Waals surface area contributed by atoms with Gasteiger partial charge in [0.15, 0.2) is 11.5 Å². The number of methoxy groups -OCH3 is 1. The number of rotatable bonds is 6. The summed E-state index contributed by atoms with van der Waals surface area (Å²) in [5, 5.41) is 0. The Morgan fingerprint density at radius 1 is 1.13 bits per heavy atom. The molecule has 2 aromatic rings. The normalized spacial score (nSPS) is 10.5. The van der Waals surface area contributed by atoms with Crippen LogP contribution in [0.25, 0.3) is 0 Å². The van der Waals surface area contributed by atoms with Gasteiger partial charge in [-0.3, -0.25) is 4.79 Å². The Kier molecular flexibility index (Phi) is 5.51. The van der Waals surface area contributed by atoms with Crippen molar-refractivity contribution < 1.29 is 23.0 Å². The van der Waals surface area contributed by atoms with E-state index in [0.717, 1.165) is 5.56 Å². The molecule has 4 nitrogen and oxygen atoms in total. The van der Waals surface area contributed by atoms with Crippen molar-refractivity contribution in [2.24, 2.45) is 0 Å². The SMILES string of the molecule is COc1cccc(C(=O)N(C)Cc2ccccc2)c1OC(F)F. The summed E-state index contributed by atoms with van der Waals surface area (Å²) in [5.41, 5.74) is 0.964. The molecule has 0 spiro atoms. The number of carbonyl (C=O) groups is 1. The molecule has 0 saturated carbocycles. The van der Waals surface area contributed by atoms with E-state index in [1.54, 1.807) is 13.1 Å². The maximum Gasteiger partial charge on any atom is 0.387 e. The zero-order valence-electron chi connectivity index (χ0n) is 12.8. The molecule has 0 fully saturated rings. The molecule has 2 rings (SSSR count). The molecule has 0 bridgehead atoms. The third-order valence-electron chi connectivity index (χ3n) is 3.25. The van der Waals surface area contributed by atoms with Crippen LogP contribution in [0, 0.1) is 0 Å². The molecule has 0 aromatic heterocycles. The molecule has 0 N–H and O–H groups in total. The monoisotopic (exact) mass is 321 g/mol. The zero-order chi connectivity index (χ0) is 16.8. The number of para-hydroxylation sites is 1. The first-order valence-corrected chi connectivity index (χ1v) is 6.94. The van der Waals surface area contributed by atoms with Crippen molar-refractivity contribution in [1.82, 2.24) is 4.90 Å². The zero-order valence-corrected chi connectivity index (χ0v) is 12.8. The van der Waals surface area contributed by atoms with E-state index < -0.39 is 12.5 Å². The van der Waals surface area contributed by atoms with Gasteiger partial charge in [0.2, 0.25) is 0 Å². The van der Waals surface area contributed by atoms with E-state index in [-0.39, 0.29) is 17.1 Å². The quantitative estimate of drug-likeness (QED) is 0.816. The Hall–Kier alpha value is -2.63. The Labute approximate surface area is 133 Å². The largest absolute Gasteiger partial charge is 0.493 e. The van der Waals surface area contributed by atoms with Gasteiger partial charge >= 0.3 is 6.61 Å². The average Bonchev–Trinajstić information content (AvgIpc) is 2.54. The first-order chi connectivity index (χ1) is 11.0. The Bertz CT molecular complexity index is 662. The molecule has 0 saturated heterocycles. The van der Waals surface area contributed by atoms with Crippen LogP contribution >= 0.6 is 0 Å².